The Labute approximate surface area is 122 Å². The van der Waals surface area contributed by atoms with Crippen molar-refractivity contribution in [1.82, 2.24) is 0 Å². The van der Waals surface area contributed by atoms with Gasteiger partial charge in [0.05, 0.1) is 0 Å². The second-order valence-electron chi connectivity index (χ2n) is 6.00. The maximum Gasteiger partial charge on any atom is 0.183 e. The molecule has 20 heavy (non-hydrogen) atoms. The Kier molecular flexibility index (Phi) is 6.66. The van der Waals surface area contributed by atoms with E-state index in [0.717, 1.165) is 5.56 Å². The van der Waals surface area contributed by atoms with Gasteiger partial charge in [0.15, 0.2) is 6.29 Å². The van der Waals surface area contributed by atoms with Gasteiger partial charge in [-0.05, 0) is 30.4 Å². The Morgan fingerprint density at radius 1 is 1.00 bits per heavy atom. The van der Waals surface area contributed by atoms with Crippen molar-refractivity contribution in [2.45, 2.75) is 58.8 Å². The summed E-state index contributed by atoms with van der Waals surface area (Å²) in [6.45, 7) is 11.4. The highest BCUT2D eigenvalue weighted by Crippen LogP contribution is 2.22. The molecule has 1 rings (SSSR count). The fourth-order valence-corrected chi connectivity index (χ4v) is 2.08. The topological polar surface area (TPSA) is 38.7 Å². The molecule has 114 valence electrons. The lowest BCUT2D eigenvalue weighted by Crippen LogP contribution is -2.33. The van der Waals surface area contributed by atoms with Gasteiger partial charge in [0.1, 0.15) is 6.10 Å². The summed E-state index contributed by atoms with van der Waals surface area (Å²) in [6, 6.07) is 8.38. The van der Waals surface area contributed by atoms with Crippen molar-refractivity contribution in [3.05, 3.63) is 35.4 Å². The molecule has 1 N–H and O–H groups in total. The van der Waals surface area contributed by atoms with E-state index in [9.17, 15) is 5.11 Å². The van der Waals surface area contributed by atoms with Gasteiger partial charge in [-0.25, -0.2) is 0 Å². The molecule has 0 saturated carbocycles. The van der Waals surface area contributed by atoms with Crippen LogP contribution in [-0.2, 0) is 21.3 Å². The van der Waals surface area contributed by atoms with E-state index in [2.05, 4.69) is 45.0 Å². The Morgan fingerprint density at radius 2 is 1.50 bits per heavy atom. The fraction of sp³-hybridized carbons (Fsp3) is 0.647. The van der Waals surface area contributed by atoms with Gasteiger partial charge in [-0.15, -0.1) is 0 Å². The zero-order chi connectivity index (χ0) is 15.2. The molecule has 0 aliphatic rings. The van der Waals surface area contributed by atoms with E-state index < -0.39 is 12.4 Å². The highest BCUT2D eigenvalue weighted by Gasteiger charge is 2.20. The first-order chi connectivity index (χ1) is 9.38. The van der Waals surface area contributed by atoms with Gasteiger partial charge in [0.2, 0.25) is 0 Å². The van der Waals surface area contributed by atoms with Gasteiger partial charge in [-0.3, -0.25) is 0 Å². The van der Waals surface area contributed by atoms with Crippen molar-refractivity contribution in [3.8, 4) is 0 Å². The molecule has 0 aromatic heterocycles. The second kappa shape index (κ2) is 7.77. The van der Waals surface area contributed by atoms with Gasteiger partial charge in [-0.2, -0.15) is 0 Å². The lowest BCUT2D eigenvalue weighted by molar-refractivity contribution is -0.188. The number of hydrogen-bond donors (Lipinski definition) is 1. The summed E-state index contributed by atoms with van der Waals surface area (Å²) >= 11 is 0. The third-order valence-corrected chi connectivity index (χ3v) is 3.24. The molecular weight excluding hydrogens is 252 g/mol. The zero-order valence-corrected chi connectivity index (χ0v) is 13.3. The van der Waals surface area contributed by atoms with Crippen LogP contribution in [0.2, 0.25) is 0 Å². The van der Waals surface area contributed by atoms with Crippen molar-refractivity contribution in [3.63, 3.8) is 0 Å². The number of hydrogen-bond acceptors (Lipinski definition) is 3. The summed E-state index contributed by atoms with van der Waals surface area (Å²) in [7, 11) is 0. The maximum atomic E-state index is 10.2. The highest BCUT2D eigenvalue weighted by molar-refractivity contribution is 5.27. The molecular formula is C17H28O3. The third-order valence-electron chi connectivity index (χ3n) is 3.24. The molecule has 1 aromatic carbocycles. The molecule has 0 saturated heterocycles. The number of benzene rings is 1. The molecule has 1 unspecified atom stereocenters. The van der Waals surface area contributed by atoms with Gasteiger partial charge in [0.25, 0.3) is 0 Å². The number of aliphatic hydroxyl groups excluding tert-OH is 1. The van der Waals surface area contributed by atoms with Crippen LogP contribution in [0.3, 0.4) is 0 Å². The van der Waals surface area contributed by atoms with E-state index in [-0.39, 0.29) is 5.41 Å². The van der Waals surface area contributed by atoms with Crippen LogP contribution < -0.4 is 0 Å². The largest absolute Gasteiger partial charge is 0.387 e. The van der Waals surface area contributed by atoms with Gasteiger partial charge >= 0.3 is 0 Å². The SMILES string of the molecule is CCOC(OCC)C(O)Cc1ccc(C(C)(C)C)cc1. The monoisotopic (exact) mass is 280 g/mol. The molecule has 0 aliphatic carbocycles. The van der Waals surface area contributed by atoms with Crippen molar-refractivity contribution < 1.29 is 14.6 Å². The van der Waals surface area contributed by atoms with Crippen molar-refractivity contribution in [1.29, 1.82) is 0 Å². The molecule has 0 fully saturated rings. The lowest BCUT2D eigenvalue weighted by atomic mass is 9.86. The molecule has 0 heterocycles. The molecule has 3 heteroatoms. The molecule has 1 atom stereocenters. The minimum absolute atomic E-state index is 0.149. The van der Waals surface area contributed by atoms with Crippen LogP contribution in [0.25, 0.3) is 0 Å². The van der Waals surface area contributed by atoms with Crippen molar-refractivity contribution >= 4 is 0 Å². The molecule has 1 aromatic rings. The first-order valence-corrected chi connectivity index (χ1v) is 7.39. The summed E-state index contributed by atoms with van der Waals surface area (Å²) < 4.78 is 10.8. The molecule has 0 spiro atoms. The normalized spacial score (nSPS) is 13.8. The van der Waals surface area contributed by atoms with Crippen LogP contribution in [0.1, 0.15) is 45.7 Å². The van der Waals surface area contributed by atoms with E-state index >= 15 is 0 Å². The average Bonchev–Trinajstić information content (AvgIpc) is 2.38. The Hall–Kier alpha value is -0.900. The van der Waals surface area contributed by atoms with Crippen molar-refractivity contribution in [2.24, 2.45) is 0 Å². The minimum Gasteiger partial charge on any atom is -0.387 e. The first kappa shape index (κ1) is 17.2. The molecule has 3 nitrogen and oxygen atoms in total. The highest BCUT2D eigenvalue weighted by atomic mass is 16.7. The fourth-order valence-electron chi connectivity index (χ4n) is 2.08. The van der Waals surface area contributed by atoms with E-state index in [0.29, 0.717) is 19.6 Å². The van der Waals surface area contributed by atoms with Crippen molar-refractivity contribution in [2.75, 3.05) is 13.2 Å². The van der Waals surface area contributed by atoms with E-state index in [1.807, 2.05) is 13.8 Å². The lowest BCUT2D eigenvalue weighted by Gasteiger charge is -2.23. The second-order valence-corrected chi connectivity index (χ2v) is 6.00. The summed E-state index contributed by atoms with van der Waals surface area (Å²) in [5.74, 6) is 0. The van der Waals surface area contributed by atoms with E-state index in [1.165, 1.54) is 5.56 Å². The van der Waals surface area contributed by atoms with Gasteiger partial charge in [0, 0.05) is 19.6 Å². The number of rotatable bonds is 7. The van der Waals surface area contributed by atoms with E-state index in [1.54, 1.807) is 0 Å². The minimum atomic E-state index is -0.643. The number of aliphatic hydroxyl groups is 1. The molecule has 0 amide bonds. The summed E-state index contributed by atoms with van der Waals surface area (Å²) in [5, 5.41) is 10.2. The van der Waals surface area contributed by atoms with Gasteiger partial charge in [-0.1, -0.05) is 45.0 Å². The maximum absolute atomic E-state index is 10.2. The van der Waals surface area contributed by atoms with Gasteiger partial charge < -0.3 is 14.6 Å². The molecule has 0 radical (unpaired) electrons. The summed E-state index contributed by atoms with van der Waals surface area (Å²) in [5.41, 5.74) is 2.54. The standard InChI is InChI=1S/C17H28O3/c1-6-19-16(20-7-2)15(18)12-13-8-10-14(11-9-13)17(3,4)5/h8-11,15-16,18H,6-7,12H2,1-5H3. The van der Waals surface area contributed by atoms with Crippen LogP contribution in [0.4, 0.5) is 0 Å². The predicted molar refractivity (Wildman–Crippen MR) is 81.9 cm³/mol. The smallest absolute Gasteiger partial charge is 0.183 e. The average molecular weight is 280 g/mol. The quantitative estimate of drug-likeness (QED) is 0.779. The Morgan fingerprint density at radius 3 is 1.90 bits per heavy atom. The first-order valence-electron chi connectivity index (χ1n) is 7.39. The van der Waals surface area contributed by atoms with Crippen LogP contribution >= 0.6 is 0 Å². The third kappa shape index (κ3) is 5.23. The van der Waals surface area contributed by atoms with Crippen LogP contribution in [0.15, 0.2) is 24.3 Å². The summed E-state index contributed by atoms with van der Waals surface area (Å²) in [4.78, 5) is 0. The number of ether oxygens (including phenoxy) is 2. The van der Waals surface area contributed by atoms with Crippen LogP contribution in [0.5, 0.6) is 0 Å². The molecule has 0 aliphatic heterocycles. The predicted octanol–water partition coefficient (Wildman–Crippen LogP) is 3.29. The van der Waals surface area contributed by atoms with E-state index in [4.69, 9.17) is 9.47 Å². The van der Waals surface area contributed by atoms with Crippen LogP contribution in [-0.4, -0.2) is 30.7 Å². The van der Waals surface area contributed by atoms with Crippen LogP contribution in [0, 0.1) is 0 Å². The Bertz CT molecular complexity index is 372. The molecule has 0 bridgehead atoms. The Balaban J connectivity index is 2.67. The zero-order valence-electron chi connectivity index (χ0n) is 13.3. The summed E-state index contributed by atoms with van der Waals surface area (Å²) in [6.07, 6.45) is -0.655.